The summed E-state index contributed by atoms with van der Waals surface area (Å²) in [7, 11) is 2.15. The van der Waals surface area contributed by atoms with Crippen LogP contribution in [0.3, 0.4) is 0 Å². The van der Waals surface area contributed by atoms with Gasteiger partial charge in [-0.2, -0.15) is 0 Å². The summed E-state index contributed by atoms with van der Waals surface area (Å²) in [5, 5.41) is 0. The van der Waals surface area contributed by atoms with Crippen LogP contribution in [-0.2, 0) is 6.54 Å². The summed E-state index contributed by atoms with van der Waals surface area (Å²) < 4.78 is 14.5. The Bertz CT molecular complexity index is 506. The van der Waals surface area contributed by atoms with E-state index in [9.17, 15) is 4.39 Å². The molecule has 21 heavy (non-hydrogen) atoms. The first-order chi connectivity index (χ1) is 10.0. The van der Waals surface area contributed by atoms with Crippen molar-refractivity contribution in [3.8, 4) is 0 Å². The van der Waals surface area contributed by atoms with Crippen LogP contribution < -0.4 is 5.73 Å². The number of hydrogen-bond donors (Lipinski definition) is 1. The molecule has 3 nitrogen and oxygen atoms in total. The van der Waals surface area contributed by atoms with Gasteiger partial charge in [0.25, 0.3) is 0 Å². The highest BCUT2D eigenvalue weighted by Crippen LogP contribution is 2.19. The Kier molecular flexibility index (Phi) is 5.67. The first-order valence-corrected chi connectivity index (χ1v) is 7.93. The fraction of sp³-hybridized carbons (Fsp3) is 0.562. The molecular formula is C16H24FN3S. The van der Waals surface area contributed by atoms with Gasteiger partial charge in [0.1, 0.15) is 10.8 Å². The van der Waals surface area contributed by atoms with Gasteiger partial charge in [0.15, 0.2) is 0 Å². The van der Waals surface area contributed by atoms with E-state index >= 15 is 0 Å². The lowest BCUT2D eigenvalue weighted by Gasteiger charge is -2.30. The van der Waals surface area contributed by atoms with Crippen LogP contribution in [0.5, 0.6) is 0 Å². The summed E-state index contributed by atoms with van der Waals surface area (Å²) in [6, 6.07) is 5.77. The molecule has 1 saturated heterocycles. The lowest BCUT2D eigenvalue weighted by molar-refractivity contribution is 0.174. The van der Waals surface area contributed by atoms with Crippen LogP contribution in [0.25, 0.3) is 0 Å². The SMILES string of the molecule is CCC1CN(C)CCCN1Cc1cccc(C(N)=S)c1F. The summed E-state index contributed by atoms with van der Waals surface area (Å²) in [4.78, 5) is 4.86. The molecule has 0 saturated carbocycles. The quantitative estimate of drug-likeness (QED) is 0.866. The van der Waals surface area contributed by atoms with Crippen LogP contribution in [0.2, 0.25) is 0 Å². The zero-order valence-electron chi connectivity index (χ0n) is 12.8. The number of halogens is 1. The second-order valence-corrected chi connectivity index (χ2v) is 6.23. The highest BCUT2D eigenvalue weighted by Gasteiger charge is 2.23. The Hall–Kier alpha value is -1.04. The molecule has 1 heterocycles. The fourth-order valence-electron chi connectivity index (χ4n) is 3.00. The molecule has 2 rings (SSSR count). The van der Waals surface area contributed by atoms with Crippen molar-refractivity contribution in [2.75, 3.05) is 26.7 Å². The van der Waals surface area contributed by atoms with Crippen LogP contribution >= 0.6 is 12.2 Å². The Morgan fingerprint density at radius 1 is 1.43 bits per heavy atom. The van der Waals surface area contributed by atoms with E-state index in [0.29, 0.717) is 23.7 Å². The first kappa shape index (κ1) is 16.3. The van der Waals surface area contributed by atoms with Crippen molar-refractivity contribution in [3.05, 3.63) is 35.1 Å². The van der Waals surface area contributed by atoms with Crippen molar-refractivity contribution < 1.29 is 4.39 Å². The van der Waals surface area contributed by atoms with E-state index in [4.69, 9.17) is 18.0 Å². The first-order valence-electron chi connectivity index (χ1n) is 7.52. The molecule has 2 N–H and O–H groups in total. The molecule has 0 aliphatic carbocycles. The van der Waals surface area contributed by atoms with Gasteiger partial charge < -0.3 is 10.6 Å². The van der Waals surface area contributed by atoms with Crippen LogP contribution in [0, 0.1) is 5.82 Å². The highest BCUT2D eigenvalue weighted by atomic mass is 32.1. The minimum atomic E-state index is -0.266. The van der Waals surface area contributed by atoms with Gasteiger partial charge in [-0.25, -0.2) is 4.39 Å². The summed E-state index contributed by atoms with van der Waals surface area (Å²) in [6.07, 6.45) is 2.19. The molecule has 1 fully saturated rings. The minimum absolute atomic E-state index is 0.122. The third-order valence-corrected chi connectivity index (χ3v) is 4.43. The van der Waals surface area contributed by atoms with E-state index in [1.54, 1.807) is 6.07 Å². The van der Waals surface area contributed by atoms with E-state index in [0.717, 1.165) is 32.5 Å². The molecule has 1 aliphatic rings. The Morgan fingerprint density at radius 2 is 2.19 bits per heavy atom. The highest BCUT2D eigenvalue weighted by molar-refractivity contribution is 7.80. The van der Waals surface area contributed by atoms with E-state index in [1.807, 2.05) is 12.1 Å². The molecule has 1 aromatic carbocycles. The number of nitrogens with zero attached hydrogens (tertiary/aromatic N) is 2. The average Bonchev–Trinajstić information content (AvgIpc) is 2.62. The van der Waals surface area contributed by atoms with Gasteiger partial charge in [0, 0.05) is 36.8 Å². The lowest BCUT2D eigenvalue weighted by Crippen LogP contribution is -2.39. The number of rotatable bonds is 4. The molecule has 1 atom stereocenters. The van der Waals surface area contributed by atoms with Crippen molar-refractivity contribution in [1.29, 1.82) is 0 Å². The molecular weight excluding hydrogens is 285 g/mol. The topological polar surface area (TPSA) is 32.5 Å². The van der Waals surface area contributed by atoms with Crippen molar-refractivity contribution in [2.24, 2.45) is 5.73 Å². The van der Waals surface area contributed by atoms with Crippen LogP contribution in [0.15, 0.2) is 18.2 Å². The van der Waals surface area contributed by atoms with Crippen molar-refractivity contribution in [1.82, 2.24) is 9.80 Å². The fourth-order valence-corrected chi connectivity index (χ4v) is 3.16. The Labute approximate surface area is 131 Å². The number of likely N-dealkylation sites (N-methyl/N-ethyl adjacent to an activating group) is 1. The maximum atomic E-state index is 14.5. The average molecular weight is 309 g/mol. The molecule has 1 aromatic rings. The molecule has 0 radical (unpaired) electrons. The number of nitrogens with two attached hydrogens (primary N) is 1. The number of thiocarbonyl (C=S) groups is 1. The van der Waals surface area contributed by atoms with Gasteiger partial charge in [-0.15, -0.1) is 0 Å². The Morgan fingerprint density at radius 3 is 2.86 bits per heavy atom. The molecule has 1 unspecified atom stereocenters. The van der Waals surface area contributed by atoms with Gasteiger partial charge >= 0.3 is 0 Å². The molecule has 0 bridgehead atoms. The van der Waals surface area contributed by atoms with Crippen molar-refractivity contribution in [2.45, 2.75) is 32.4 Å². The standard InChI is InChI=1S/C16H24FN3S/c1-3-13-11-19(2)8-5-9-20(13)10-12-6-4-7-14(15(12)17)16(18)21/h4,6-7,13H,3,5,8-11H2,1-2H3,(H2,18,21). The smallest absolute Gasteiger partial charge is 0.137 e. The van der Waals surface area contributed by atoms with Gasteiger partial charge in [-0.05, 0) is 32.5 Å². The maximum Gasteiger partial charge on any atom is 0.137 e. The van der Waals surface area contributed by atoms with E-state index < -0.39 is 0 Å². The lowest BCUT2D eigenvalue weighted by atomic mass is 10.1. The Balaban J connectivity index is 2.20. The third kappa shape index (κ3) is 3.99. The molecule has 0 spiro atoms. The molecule has 0 amide bonds. The molecule has 5 heteroatoms. The zero-order valence-corrected chi connectivity index (χ0v) is 13.6. The van der Waals surface area contributed by atoms with Gasteiger partial charge in [0.2, 0.25) is 0 Å². The predicted molar refractivity (Wildman–Crippen MR) is 88.9 cm³/mol. The van der Waals surface area contributed by atoms with Crippen molar-refractivity contribution >= 4 is 17.2 Å². The molecule has 116 valence electrons. The van der Waals surface area contributed by atoms with Crippen LogP contribution in [0.1, 0.15) is 30.9 Å². The number of hydrogen-bond acceptors (Lipinski definition) is 3. The van der Waals surface area contributed by atoms with Gasteiger partial charge in [-0.1, -0.05) is 31.3 Å². The van der Waals surface area contributed by atoms with Crippen molar-refractivity contribution in [3.63, 3.8) is 0 Å². The van der Waals surface area contributed by atoms with Crippen LogP contribution in [-0.4, -0.2) is 47.5 Å². The molecule has 0 aromatic heterocycles. The minimum Gasteiger partial charge on any atom is -0.389 e. The van der Waals surface area contributed by atoms with Crippen LogP contribution in [0.4, 0.5) is 4.39 Å². The second-order valence-electron chi connectivity index (χ2n) is 5.79. The summed E-state index contributed by atoms with van der Waals surface area (Å²) >= 11 is 4.91. The van der Waals surface area contributed by atoms with E-state index in [2.05, 4.69) is 23.8 Å². The second kappa shape index (κ2) is 7.29. The van der Waals surface area contributed by atoms with Gasteiger partial charge in [0.05, 0.1) is 0 Å². The van der Waals surface area contributed by atoms with Gasteiger partial charge in [-0.3, -0.25) is 4.90 Å². The van der Waals surface area contributed by atoms with E-state index in [1.165, 1.54) is 0 Å². The monoisotopic (exact) mass is 309 g/mol. The predicted octanol–water partition coefficient (Wildman–Crippen LogP) is 2.38. The zero-order chi connectivity index (χ0) is 15.4. The summed E-state index contributed by atoms with van der Waals surface area (Å²) in [6.45, 7) is 5.95. The third-order valence-electron chi connectivity index (χ3n) is 4.21. The largest absolute Gasteiger partial charge is 0.389 e. The summed E-state index contributed by atoms with van der Waals surface area (Å²) in [5.74, 6) is -0.266. The molecule has 1 aliphatic heterocycles. The number of benzene rings is 1. The maximum absolute atomic E-state index is 14.5. The van der Waals surface area contributed by atoms with E-state index in [-0.39, 0.29) is 10.8 Å². The summed E-state index contributed by atoms with van der Waals surface area (Å²) in [5.41, 5.74) is 6.62. The normalized spacial score (nSPS) is 21.2.